The van der Waals surface area contributed by atoms with Crippen molar-refractivity contribution < 1.29 is 27.5 Å². The van der Waals surface area contributed by atoms with Crippen molar-refractivity contribution in [3.8, 4) is 5.75 Å². The second kappa shape index (κ2) is 8.07. The predicted molar refractivity (Wildman–Crippen MR) is 97.1 cm³/mol. The Kier molecular flexibility index (Phi) is 6.28. The minimum Gasteiger partial charge on any atom is -0.496 e. The molecule has 8 heteroatoms. The number of amides is 1. The Morgan fingerprint density at radius 2 is 2.04 bits per heavy atom. The molecular weight excluding hydrogens is 358 g/mol. The van der Waals surface area contributed by atoms with Crippen LogP contribution >= 0.6 is 0 Å². The summed E-state index contributed by atoms with van der Waals surface area (Å²) < 4.78 is 33.9. The summed E-state index contributed by atoms with van der Waals surface area (Å²) in [6.45, 7) is 5.47. The van der Waals surface area contributed by atoms with Gasteiger partial charge < -0.3 is 14.4 Å². The fourth-order valence-corrected chi connectivity index (χ4v) is 4.84. The summed E-state index contributed by atoms with van der Waals surface area (Å²) in [6, 6.07) is 4.75. The molecule has 26 heavy (non-hydrogen) atoms. The monoisotopic (exact) mass is 383 g/mol. The average molecular weight is 383 g/mol. The highest BCUT2D eigenvalue weighted by Crippen LogP contribution is 2.22. The molecule has 2 rings (SSSR count). The molecular formula is C18H25NO6S. The van der Waals surface area contributed by atoms with Crippen LogP contribution in [0.15, 0.2) is 18.2 Å². The van der Waals surface area contributed by atoms with E-state index in [9.17, 15) is 18.0 Å². The maximum atomic E-state index is 12.7. The Labute approximate surface area is 154 Å². The molecule has 1 fully saturated rings. The summed E-state index contributed by atoms with van der Waals surface area (Å²) in [5.41, 5.74) is 1.11. The summed E-state index contributed by atoms with van der Waals surface area (Å²) in [4.78, 5) is 26.6. The van der Waals surface area contributed by atoms with Crippen LogP contribution < -0.4 is 4.74 Å². The third-order valence-corrected chi connectivity index (χ3v) is 6.23. The van der Waals surface area contributed by atoms with E-state index >= 15 is 0 Å². The number of likely N-dealkylation sites (N-methyl/N-ethyl adjacent to an activating group) is 1. The summed E-state index contributed by atoms with van der Waals surface area (Å²) in [5.74, 6) is -0.639. The van der Waals surface area contributed by atoms with Gasteiger partial charge in [-0.25, -0.2) is 13.2 Å². The number of hydrogen-bond donors (Lipinski definition) is 0. The van der Waals surface area contributed by atoms with Gasteiger partial charge in [0.1, 0.15) is 11.3 Å². The molecule has 0 radical (unpaired) electrons. The van der Waals surface area contributed by atoms with Crippen LogP contribution in [0.4, 0.5) is 0 Å². The maximum Gasteiger partial charge on any atom is 0.342 e. The van der Waals surface area contributed by atoms with E-state index in [4.69, 9.17) is 9.47 Å². The van der Waals surface area contributed by atoms with Gasteiger partial charge in [-0.1, -0.05) is 11.6 Å². The van der Waals surface area contributed by atoms with Crippen LogP contribution in [-0.4, -0.2) is 62.5 Å². The molecule has 0 aromatic heterocycles. The Morgan fingerprint density at radius 1 is 1.35 bits per heavy atom. The Balaban J connectivity index is 2.10. The van der Waals surface area contributed by atoms with Gasteiger partial charge in [-0.3, -0.25) is 4.79 Å². The third-order valence-electron chi connectivity index (χ3n) is 4.48. The van der Waals surface area contributed by atoms with E-state index in [1.165, 1.54) is 18.9 Å². The number of esters is 1. The fraction of sp³-hybridized carbons (Fsp3) is 0.556. The number of rotatable bonds is 6. The zero-order valence-electron chi connectivity index (χ0n) is 15.5. The second-order valence-corrected chi connectivity index (χ2v) is 8.66. The summed E-state index contributed by atoms with van der Waals surface area (Å²) in [5, 5.41) is 0. The van der Waals surface area contributed by atoms with Crippen molar-refractivity contribution in [1.82, 2.24) is 4.90 Å². The summed E-state index contributed by atoms with van der Waals surface area (Å²) in [7, 11) is -1.65. The number of benzene rings is 1. The van der Waals surface area contributed by atoms with Crippen molar-refractivity contribution >= 4 is 21.7 Å². The topological polar surface area (TPSA) is 90.0 Å². The van der Waals surface area contributed by atoms with Gasteiger partial charge in [0, 0.05) is 12.6 Å². The lowest BCUT2D eigenvalue weighted by atomic mass is 10.1. The van der Waals surface area contributed by atoms with Gasteiger partial charge in [0.15, 0.2) is 15.9 Å². The highest BCUT2D eigenvalue weighted by Gasteiger charge is 2.36. The zero-order valence-corrected chi connectivity index (χ0v) is 16.3. The number of hydrogen-bond acceptors (Lipinski definition) is 6. The van der Waals surface area contributed by atoms with Crippen LogP contribution in [0.5, 0.6) is 5.75 Å². The molecule has 1 amide bonds. The third kappa shape index (κ3) is 4.55. The van der Waals surface area contributed by atoms with E-state index in [1.807, 2.05) is 13.0 Å². The lowest BCUT2D eigenvalue weighted by molar-refractivity contribution is -0.141. The first kappa shape index (κ1) is 20.2. The standard InChI is InChI=1S/C18H25NO6S/c1-5-19(14-8-9-26(22,23)11-14)17(20)13(3)25-18(21)15-10-12(2)6-7-16(15)24-4/h6-7,10,13-14H,5,8-9,11H2,1-4H3/t13-,14+/m1/s1. The number of carbonyl (C=O) groups excluding carboxylic acids is 2. The molecule has 0 N–H and O–H groups in total. The van der Waals surface area contributed by atoms with Crippen LogP contribution in [0.3, 0.4) is 0 Å². The number of nitrogens with zero attached hydrogens (tertiary/aromatic N) is 1. The smallest absolute Gasteiger partial charge is 0.342 e. The van der Waals surface area contributed by atoms with Gasteiger partial charge in [0.05, 0.1) is 18.6 Å². The van der Waals surface area contributed by atoms with Gasteiger partial charge in [-0.15, -0.1) is 0 Å². The summed E-state index contributed by atoms with van der Waals surface area (Å²) in [6.07, 6.45) is -0.607. The Hall–Kier alpha value is -2.09. The average Bonchev–Trinajstić information content (AvgIpc) is 2.94. The van der Waals surface area contributed by atoms with E-state index < -0.39 is 27.8 Å². The number of aryl methyl sites for hydroxylation is 1. The van der Waals surface area contributed by atoms with Crippen molar-refractivity contribution in [1.29, 1.82) is 0 Å². The van der Waals surface area contributed by atoms with Crippen LogP contribution in [-0.2, 0) is 19.4 Å². The maximum absolute atomic E-state index is 12.7. The molecule has 1 aliphatic heterocycles. The number of ether oxygens (including phenoxy) is 2. The molecule has 1 aromatic rings. The highest BCUT2D eigenvalue weighted by atomic mass is 32.2. The molecule has 1 aliphatic rings. The minimum absolute atomic E-state index is 0.0427. The molecule has 1 aromatic carbocycles. The second-order valence-electron chi connectivity index (χ2n) is 6.43. The number of sulfone groups is 1. The SMILES string of the molecule is CCN(C(=O)[C@@H](C)OC(=O)c1cc(C)ccc1OC)[C@H]1CCS(=O)(=O)C1. The molecule has 0 bridgehead atoms. The van der Waals surface area contributed by atoms with Gasteiger partial charge in [-0.2, -0.15) is 0 Å². The van der Waals surface area contributed by atoms with Gasteiger partial charge >= 0.3 is 5.97 Å². The van der Waals surface area contributed by atoms with Crippen molar-refractivity contribution in [3.05, 3.63) is 29.3 Å². The van der Waals surface area contributed by atoms with Gasteiger partial charge in [0.2, 0.25) is 0 Å². The van der Waals surface area contributed by atoms with Crippen LogP contribution in [0.25, 0.3) is 0 Å². The minimum atomic E-state index is -3.11. The largest absolute Gasteiger partial charge is 0.496 e. The first-order chi connectivity index (χ1) is 12.2. The van der Waals surface area contributed by atoms with Crippen molar-refractivity contribution in [2.75, 3.05) is 25.2 Å². The van der Waals surface area contributed by atoms with Crippen molar-refractivity contribution in [2.24, 2.45) is 0 Å². The van der Waals surface area contributed by atoms with E-state index in [-0.39, 0.29) is 23.1 Å². The normalized spacial score (nSPS) is 19.6. The molecule has 0 spiro atoms. The fourth-order valence-electron chi connectivity index (χ4n) is 3.10. The first-order valence-corrected chi connectivity index (χ1v) is 10.4. The lowest BCUT2D eigenvalue weighted by Crippen LogP contribution is -2.46. The van der Waals surface area contributed by atoms with Gasteiger partial charge in [-0.05, 0) is 39.3 Å². The molecule has 0 saturated carbocycles. The van der Waals surface area contributed by atoms with Crippen molar-refractivity contribution in [3.63, 3.8) is 0 Å². The van der Waals surface area contributed by atoms with Crippen molar-refractivity contribution in [2.45, 2.75) is 39.3 Å². The zero-order chi connectivity index (χ0) is 19.5. The Bertz CT molecular complexity index is 789. The molecule has 0 unspecified atom stereocenters. The summed E-state index contributed by atoms with van der Waals surface area (Å²) >= 11 is 0. The predicted octanol–water partition coefficient (Wildman–Crippen LogP) is 1.58. The molecule has 7 nitrogen and oxygen atoms in total. The van der Waals surface area contributed by atoms with E-state index in [2.05, 4.69) is 0 Å². The molecule has 2 atom stereocenters. The number of carbonyl (C=O) groups is 2. The van der Waals surface area contributed by atoms with E-state index in [1.54, 1.807) is 19.1 Å². The Morgan fingerprint density at radius 3 is 2.58 bits per heavy atom. The molecule has 1 saturated heterocycles. The quantitative estimate of drug-likeness (QED) is 0.693. The molecule has 0 aliphatic carbocycles. The van der Waals surface area contributed by atoms with Crippen LogP contribution in [0.1, 0.15) is 36.2 Å². The highest BCUT2D eigenvalue weighted by molar-refractivity contribution is 7.91. The molecule has 1 heterocycles. The molecule has 144 valence electrons. The van der Waals surface area contributed by atoms with E-state index in [0.29, 0.717) is 18.7 Å². The van der Waals surface area contributed by atoms with Gasteiger partial charge in [0.25, 0.3) is 5.91 Å². The lowest BCUT2D eigenvalue weighted by Gasteiger charge is -2.29. The van der Waals surface area contributed by atoms with Crippen LogP contribution in [0, 0.1) is 6.92 Å². The van der Waals surface area contributed by atoms with Crippen LogP contribution in [0.2, 0.25) is 0 Å². The van der Waals surface area contributed by atoms with E-state index in [0.717, 1.165) is 5.56 Å². The first-order valence-electron chi connectivity index (χ1n) is 8.55. The number of methoxy groups -OCH3 is 1.